The molecule has 182 valence electrons. The van der Waals surface area contributed by atoms with Gasteiger partial charge in [-0.25, -0.2) is 0 Å². The Morgan fingerprint density at radius 2 is 1.69 bits per heavy atom. The van der Waals surface area contributed by atoms with Gasteiger partial charge in [-0.1, -0.05) is 30.3 Å². The summed E-state index contributed by atoms with van der Waals surface area (Å²) >= 11 is 0. The lowest BCUT2D eigenvalue weighted by molar-refractivity contribution is -0.114. The Bertz CT molecular complexity index is 1100. The Kier molecular flexibility index (Phi) is 8.35. The molecule has 0 bridgehead atoms. The van der Waals surface area contributed by atoms with Crippen LogP contribution < -0.4 is 20.7 Å². The Hall–Kier alpha value is -3.84. The van der Waals surface area contributed by atoms with Gasteiger partial charge >= 0.3 is 0 Å². The second-order valence-electron chi connectivity index (χ2n) is 8.56. The molecule has 1 heterocycles. The smallest absolute Gasteiger partial charge is 0.251 e. The third kappa shape index (κ3) is 7.32. The number of benzene rings is 3. The molecular formula is C28H31N3O4. The summed E-state index contributed by atoms with van der Waals surface area (Å²) in [4.78, 5) is 24.8. The highest BCUT2D eigenvalue weighted by Gasteiger charge is 2.16. The van der Waals surface area contributed by atoms with Gasteiger partial charge in [-0.3, -0.25) is 9.59 Å². The first-order valence-electron chi connectivity index (χ1n) is 11.9. The SMILES string of the molecule is CC(NC(=O)c1ccc(NCC(=O)Nc2ccc(OCC3CCCO3)cc2)cc1)c1ccccc1. The number of hydrogen-bond donors (Lipinski definition) is 3. The van der Waals surface area contributed by atoms with Crippen molar-refractivity contribution in [2.75, 3.05) is 30.4 Å². The van der Waals surface area contributed by atoms with Gasteiger partial charge < -0.3 is 25.4 Å². The molecule has 3 N–H and O–H groups in total. The summed E-state index contributed by atoms with van der Waals surface area (Å²) < 4.78 is 11.3. The van der Waals surface area contributed by atoms with E-state index in [0.717, 1.165) is 36.4 Å². The van der Waals surface area contributed by atoms with Crippen LogP contribution >= 0.6 is 0 Å². The summed E-state index contributed by atoms with van der Waals surface area (Å²) in [5, 5.41) is 8.93. The minimum absolute atomic E-state index is 0.0906. The highest BCUT2D eigenvalue weighted by atomic mass is 16.5. The lowest BCUT2D eigenvalue weighted by Crippen LogP contribution is -2.26. The maximum absolute atomic E-state index is 12.5. The van der Waals surface area contributed by atoms with Gasteiger partial charge in [-0.15, -0.1) is 0 Å². The van der Waals surface area contributed by atoms with Crippen LogP contribution in [0.3, 0.4) is 0 Å². The first kappa shape index (κ1) is 24.3. The van der Waals surface area contributed by atoms with Crippen molar-refractivity contribution in [3.63, 3.8) is 0 Å². The monoisotopic (exact) mass is 473 g/mol. The van der Waals surface area contributed by atoms with Crippen molar-refractivity contribution < 1.29 is 19.1 Å². The molecule has 1 aliphatic heterocycles. The van der Waals surface area contributed by atoms with Gasteiger partial charge in [0.1, 0.15) is 12.4 Å². The van der Waals surface area contributed by atoms with Crippen molar-refractivity contribution >= 4 is 23.2 Å². The molecule has 3 aromatic rings. The average molecular weight is 474 g/mol. The minimum Gasteiger partial charge on any atom is -0.491 e. The van der Waals surface area contributed by atoms with E-state index in [9.17, 15) is 9.59 Å². The van der Waals surface area contributed by atoms with Crippen LogP contribution in [0.5, 0.6) is 5.75 Å². The van der Waals surface area contributed by atoms with Crippen LogP contribution in [0.4, 0.5) is 11.4 Å². The van der Waals surface area contributed by atoms with Crippen LogP contribution in [0.25, 0.3) is 0 Å². The molecular weight excluding hydrogens is 442 g/mol. The van der Waals surface area contributed by atoms with Crippen molar-refractivity contribution in [3.8, 4) is 5.75 Å². The molecule has 0 aromatic heterocycles. The summed E-state index contributed by atoms with van der Waals surface area (Å²) in [6.45, 7) is 3.41. The third-order valence-electron chi connectivity index (χ3n) is 5.85. The van der Waals surface area contributed by atoms with Crippen molar-refractivity contribution in [2.24, 2.45) is 0 Å². The lowest BCUT2D eigenvalue weighted by Gasteiger charge is -2.14. The molecule has 7 heteroatoms. The van der Waals surface area contributed by atoms with Crippen molar-refractivity contribution in [2.45, 2.75) is 31.9 Å². The van der Waals surface area contributed by atoms with Crippen LogP contribution in [0.15, 0.2) is 78.9 Å². The number of hydrogen-bond acceptors (Lipinski definition) is 5. The van der Waals surface area contributed by atoms with E-state index < -0.39 is 0 Å². The third-order valence-corrected chi connectivity index (χ3v) is 5.85. The zero-order chi connectivity index (χ0) is 24.5. The van der Waals surface area contributed by atoms with Crippen molar-refractivity contribution in [1.29, 1.82) is 0 Å². The Morgan fingerprint density at radius 3 is 2.37 bits per heavy atom. The van der Waals surface area contributed by atoms with Crippen molar-refractivity contribution in [3.05, 3.63) is 90.0 Å². The summed E-state index contributed by atoms with van der Waals surface area (Å²) in [5.41, 5.74) is 3.06. The topological polar surface area (TPSA) is 88.7 Å². The number of nitrogens with one attached hydrogen (secondary N) is 3. The molecule has 0 saturated carbocycles. The first-order chi connectivity index (χ1) is 17.1. The predicted molar refractivity (Wildman–Crippen MR) is 137 cm³/mol. The summed E-state index contributed by atoms with van der Waals surface area (Å²) in [7, 11) is 0. The minimum atomic E-state index is -0.170. The second kappa shape index (κ2) is 12.0. The van der Waals surface area contributed by atoms with Crippen LogP contribution in [0.1, 0.15) is 41.7 Å². The molecule has 2 unspecified atom stereocenters. The molecule has 1 saturated heterocycles. The fourth-order valence-electron chi connectivity index (χ4n) is 3.83. The largest absolute Gasteiger partial charge is 0.491 e. The van der Waals surface area contributed by atoms with E-state index >= 15 is 0 Å². The number of amides is 2. The lowest BCUT2D eigenvalue weighted by atomic mass is 10.1. The second-order valence-corrected chi connectivity index (χ2v) is 8.56. The predicted octanol–water partition coefficient (Wildman–Crippen LogP) is 4.79. The highest BCUT2D eigenvalue weighted by Crippen LogP contribution is 2.19. The van der Waals surface area contributed by atoms with E-state index in [1.165, 1.54) is 0 Å². The molecule has 0 spiro atoms. The number of anilines is 2. The Morgan fingerprint density at radius 1 is 0.971 bits per heavy atom. The average Bonchev–Trinajstić information content (AvgIpc) is 3.42. The molecule has 3 aromatic carbocycles. The van der Waals surface area contributed by atoms with E-state index in [-0.39, 0.29) is 30.5 Å². The van der Waals surface area contributed by atoms with Gasteiger partial charge in [0.2, 0.25) is 5.91 Å². The molecule has 7 nitrogen and oxygen atoms in total. The number of carbonyl (C=O) groups is 2. The van der Waals surface area contributed by atoms with Gasteiger partial charge in [0, 0.05) is 23.5 Å². The molecule has 1 aliphatic rings. The molecule has 0 radical (unpaired) electrons. The molecule has 4 rings (SSSR count). The first-order valence-corrected chi connectivity index (χ1v) is 11.9. The van der Waals surface area contributed by atoms with Gasteiger partial charge in [-0.05, 0) is 73.9 Å². The fraction of sp³-hybridized carbons (Fsp3) is 0.286. The molecule has 2 amide bonds. The fourth-order valence-corrected chi connectivity index (χ4v) is 3.83. The molecule has 1 fully saturated rings. The quantitative estimate of drug-likeness (QED) is 0.394. The van der Waals surface area contributed by atoms with Crippen molar-refractivity contribution in [1.82, 2.24) is 5.32 Å². The van der Waals surface area contributed by atoms with E-state index in [0.29, 0.717) is 17.9 Å². The number of rotatable bonds is 10. The van der Waals surface area contributed by atoms with Crippen LogP contribution in [0, 0.1) is 0 Å². The van der Waals surface area contributed by atoms with E-state index in [4.69, 9.17) is 9.47 Å². The van der Waals surface area contributed by atoms with Gasteiger partial charge in [-0.2, -0.15) is 0 Å². The summed E-state index contributed by atoms with van der Waals surface area (Å²) in [5.74, 6) is 0.435. The van der Waals surface area contributed by atoms with E-state index in [1.807, 2.05) is 61.5 Å². The number of ether oxygens (including phenoxy) is 2. The summed E-state index contributed by atoms with van der Waals surface area (Å²) in [6.07, 6.45) is 2.28. The Balaban J connectivity index is 1.20. The maximum atomic E-state index is 12.5. The van der Waals surface area contributed by atoms with Gasteiger partial charge in [0.25, 0.3) is 5.91 Å². The van der Waals surface area contributed by atoms with Gasteiger partial charge in [0.15, 0.2) is 0 Å². The van der Waals surface area contributed by atoms with Gasteiger partial charge in [0.05, 0.1) is 18.7 Å². The normalized spacial score (nSPS) is 15.7. The van der Waals surface area contributed by atoms with Crippen LogP contribution in [-0.2, 0) is 9.53 Å². The zero-order valence-electron chi connectivity index (χ0n) is 19.8. The van der Waals surface area contributed by atoms with Crippen LogP contribution in [0.2, 0.25) is 0 Å². The van der Waals surface area contributed by atoms with Crippen LogP contribution in [-0.4, -0.2) is 37.7 Å². The maximum Gasteiger partial charge on any atom is 0.251 e. The summed E-state index contributed by atoms with van der Waals surface area (Å²) in [6, 6.07) is 24.1. The Labute approximate surface area is 205 Å². The zero-order valence-corrected chi connectivity index (χ0v) is 19.8. The standard InChI is InChI=1S/C28H31N3O4/c1-20(21-6-3-2-4-7-21)30-28(33)22-9-11-23(12-10-22)29-18-27(32)31-24-13-15-25(16-14-24)35-19-26-8-5-17-34-26/h2-4,6-7,9-16,20,26,29H,5,8,17-19H2,1H3,(H,30,33)(H,31,32). The van der Waals surface area contributed by atoms with E-state index in [1.54, 1.807) is 24.3 Å². The van der Waals surface area contributed by atoms with E-state index in [2.05, 4.69) is 16.0 Å². The molecule has 0 aliphatic carbocycles. The highest BCUT2D eigenvalue weighted by molar-refractivity contribution is 5.95. The number of carbonyl (C=O) groups excluding carboxylic acids is 2. The molecule has 35 heavy (non-hydrogen) atoms. The molecule has 2 atom stereocenters.